The number of rotatable bonds is 2. The molecule has 0 aliphatic rings. The Morgan fingerprint density at radius 1 is 1.46 bits per heavy atom. The van der Waals surface area contributed by atoms with Gasteiger partial charge in [0.25, 0.3) is 0 Å². The molecule has 68 valence electrons. The van der Waals surface area contributed by atoms with Crippen molar-refractivity contribution in [3.8, 4) is 0 Å². The highest BCUT2D eigenvalue weighted by Gasteiger charge is 2.04. The average Bonchev–Trinajstić information content (AvgIpc) is 2.71. The van der Waals surface area contributed by atoms with Gasteiger partial charge in [-0.3, -0.25) is 0 Å². The topological polar surface area (TPSA) is 43.9 Å². The van der Waals surface area contributed by atoms with Gasteiger partial charge in [0.15, 0.2) is 5.76 Å². The number of hydrogen-bond acceptors (Lipinski definition) is 3. The van der Waals surface area contributed by atoms with Crippen molar-refractivity contribution in [1.82, 2.24) is 14.7 Å². The number of aryl methyl sites for hydroxylation is 1. The van der Waals surface area contributed by atoms with Crippen molar-refractivity contribution in [3.05, 3.63) is 35.7 Å². The second-order valence-electron chi connectivity index (χ2n) is 3.02. The smallest absolute Gasteiger partial charge is 0.156 e. The van der Waals surface area contributed by atoms with Gasteiger partial charge in [-0.1, -0.05) is 5.16 Å². The van der Waals surface area contributed by atoms with Gasteiger partial charge >= 0.3 is 0 Å². The Kier molecular flexibility index (Phi) is 1.88. The van der Waals surface area contributed by atoms with Crippen LogP contribution in [0, 0.1) is 13.8 Å². The second-order valence-corrected chi connectivity index (χ2v) is 3.02. The summed E-state index contributed by atoms with van der Waals surface area (Å²) in [6, 6.07) is 1.86. The summed E-state index contributed by atoms with van der Waals surface area (Å²) in [5.74, 6) is 0.848. The second kappa shape index (κ2) is 3.05. The van der Waals surface area contributed by atoms with E-state index in [4.69, 9.17) is 4.52 Å². The van der Waals surface area contributed by atoms with E-state index in [0.717, 1.165) is 17.1 Å². The molecular weight excluding hydrogens is 166 g/mol. The van der Waals surface area contributed by atoms with E-state index in [-0.39, 0.29) is 0 Å². The zero-order valence-electron chi connectivity index (χ0n) is 7.69. The molecule has 0 unspecified atom stereocenters. The molecule has 2 rings (SSSR count). The third-order valence-corrected chi connectivity index (χ3v) is 2.16. The van der Waals surface area contributed by atoms with Crippen LogP contribution in [0.2, 0.25) is 0 Å². The summed E-state index contributed by atoms with van der Waals surface area (Å²) in [7, 11) is 0. The van der Waals surface area contributed by atoms with Gasteiger partial charge in [0.2, 0.25) is 0 Å². The van der Waals surface area contributed by atoms with Gasteiger partial charge in [0.05, 0.1) is 24.8 Å². The molecule has 0 fully saturated rings. The maximum absolute atomic E-state index is 5.00. The van der Waals surface area contributed by atoms with Crippen LogP contribution >= 0.6 is 0 Å². The first-order valence-corrected chi connectivity index (χ1v) is 4.15. The summed E-state index contributed by atoms with van der Waals surface area (Å²) in [5, 5.41) is 3.65. The molecule has 0 bridgehead atoms. The molecular formula is C9H11N3O. The molecule has 2 aromatic rings. The summed E-state index contributed by atoms with van der Waals surface area (Å²) >= 11 is 0. The lowest BCUT2D eigenvalue weighted by molar-refractivity contribution is 0.375. The molecule has 0 atom stereocenters. The molecule has 0 amide bonds. The predicted octanol–water partition coefficient (Wildman–Crippen LogP) is 1.54. The highest BCUT2D eigenvalue weighted by atomic mass is 16.5. The number of nitrogens with zero attached hydrogens (tertiary/aromatic N) is 3. The van der Waals surface area contributed by atoms with Gasteiger partial charge in [-0.05, 0) is 13.8 Å². The van der Waals surface area contributed by atoms with E-state index in [1.807, 2.05) is 30.8 Å². The van der Waals surface area contributed by atoms with E-state index in [1.54, 1.807) is 6.20 Å². The fraction of sp³-hybridized carbons (Fsp3) is 0.333. The maximum Gasteiger partial charge on any atom is 0.156 e. The van der Waals surface area contributed by atoms with E-state index in [9.17, 15) is 0 Å². The van der Waals surface area contributed by atoms with Gasteiger partial charge in [0.1, 0.15) is 0 Å². The standard InChI is InChI=1S/C9H11N3O/c1-7-8(2)12(6-10-7)5-9-3-4-11-13-9/h3-4,6H,5H2,1-2H3. The lowest BCUT2D eigenvalue weighted by Gasteiger charge is -2.00. The fourth-order valence-electron chi connectivity index (χ4n) is 1.20. The summed E-state index contributed by atoms with van der Waals surface area (Å²) in [4.78, 5) is 4.20. The Hall–Kier alpha value is -1.58. The molecule has 0 radical (unpaired) electrons. The average molecular weight is 177 g/mol. The van der Waals surface area contributed by atoms with Gasteiger partial charge < -0.3 is 9.09 Å². The van der Waals surface area contributed by atoms with E-state index in [2.05, 4.69) is 10.1 Å². The van der Waals surface area contributed by atoms with Crippen LogP contribution in [0.15, 0.2) is 23.1 Å². The minimum absolute atomic E-state index is 0.701. The van der Waals surface area contributed by atoms with Gasteiger partial charge in [-0.25, -0.2) is 4.98 Å². The van der Waals surface area contributed by atoms with Crippen molar-refractivity contribution >= 4 is 0 Å². The van der Waals surface area contributed by atoms with Crippen LogP contribution in [0.3, 0.4) is 0 Å². The molecule has 0 saturated heterocycles. The van der Waals surface area contributed by atoms with Crippen LogP contribution in [0.25, 0.3) is 0 Å². The SMILES string of the molecule is Cc1ncn(Cc2ccno2)c1C. The Balaban J connectivity index is 2.24. The molecule has 0 aliphatic carbocycles. The van der Waals surface area contributed by atoms with Crippen LogP contribution in [-0.2, 0) is 6.54 Å². The molecule has 0 aliphatic heterocycles. The number of aromatic nitrogens is 3. The zero-order chi connectivity index (χ0) is 9.26. The molecule has 4 heteroatoms. The largest absolute Gasteiger partial charge is 0.359 e. The molecule has 4 nitrogen and oxygen atoms in total. The number of imidazole rings is 1. The van der Waals surface area contributed by atoms with Crippen molar-refractivity contribution in [1.29, 1.82) is 0 Å². The van der Waals surface area contributed by atoms with Crippen LogP contribution < -0.4 is 0 Å². The molecule has 0 N–H and O–H groups in total. The normalized spacial score (nSPS) is 10.6. The summed E-state index contributed by atoms with van der Waals surface area (Å²) in [6.07, 6.45) is 3.46. The fourth-order valence-corrected chi connectivity index (χ4v) is 1.20. The Bertz CT molecular complexity index is 389. The lowest BCUT2D eigenvalue weighted by atomic mass is 10.3. The third-order valence-electron chi connectivity index (χ3n) is 2.16. The highest BCUT2D eigenvalue weighted by molar-refractivity contribution is 5.10. The van der Waals surface area contributed by atoms with Crippen LogP contribution in [-0.4, -0.2) is 14.7 Å². The Morgan fingerprint density at radius 3 is 2.85 bits per heavy atom. The zero-order valence-corrected chi connectivity index (χ0v) is 7.69. The van der Waals surface area contributed by atoms with Crippen molar-refractivity contribution in [3.63, 3.8) is 0 Å². The van der Waals surface area contributed by atoms with E-state index >= 15 is 0 Å². The molecule has 13 heavy (non-hydrogen) atoms. The highest BCUT2D eigenvalue weighted by Crippen LogP contribution is 2.07. The van der Waals surface area contributed by atoms with Gasteiger partial charge in [-0.2, -0.15) is 0 Å². The Morgan fingerprint density at radius 2 is 2.31 bits per heavy atom. The van der Waals surface area contributed by atoms with Crippen molar-refractivity contribution in [2.45, 2.75) is 20.4 Å². The van der Waals surface area contributed by atoms with E-state index < -0.39 is 0 Å². The summed E-state index contributed by atoms with van der Waals surface area (Å²) < 4.78 is 7.04. The lowest BCUT2D eigenvalue weighted by Crippen LogP contribution is -1.99. The molecule has 2 aromatic heterocycles. The minimum atomic E-state index is 0.701. The van der Waals surface area contributed by atoms with Crippen molar-refractivity contribution in [2.24, 2.45) is 0 Å². The molecule has 0 spiro atoms. The molecule has 0 aromatic carbocycles. The van der Waals surface area contributed by atoms with Crippen LogP contribution in [0.5, 0.6) is 0 Å². The quantitative estimate of drug-likeness (QED) is 0.698. The predicted molar refractivity (Wildman–Crippen MR) is 47.3 cm³/mol. The van der Waals surface area contributed by atoms with Gasteiger partial charge in [0, 0.05) is 11.8 Å². The number of hydrogen-bond donors (Lipinski definition) is 0. The first-order valence-electron chi connectivity index (χ1n) is 4.15. The summed E-state index contributed by atoms with van der Waals surface area (Å²) in [6.45, 7) is 4.73. The van der Waals surface area contributed by atoms with E-state index in [0.29, 0.717) is 6.54 Å². The maximum atomic E-state index is 5.00. The van der Waals surface area contributed by atoms with E-state index in [1.165, 1.54) is 0 Å². The van der Waals surface area contributed by atoms with Crippen molar-refractivity contribution < 1.29 is 4.52 Å². The first kappa shape index (κ1) is 8.04. The van der Waals surface area contributed by atoms with Crippen LogP contribution in [0.4, 0.5) is 0 Å². The van der Waals surface area contributed by atoms with Crippen LogP contribution in [0.1, 0.15) is 17.1 Å². The third kappa shape index (κ3) is 1.47. The Labute approximate surface area is 76.2 Å². The monoisotopic (exact) mass is 177 g/mol. The van der Waals surface area contributed by atoms with Gasteiger partial charge in [-0.15, -0.1) is 0 Å². The molecule has 0 saturated carbocycles. The summed E-state index contributed by atoms with van der Waals surface area (Å²) in [5.41, 5.74) is 2.22. The minimum Gasteiger partial charge on any atom is -0.359 e. The van der Waals surface area contributed by atoms with Crippen molar-refractivity contribution in [2.75, 3.05) is 0 Å². The first-order chi connectivity index (χ1) is 6.27. The molecule has 2 heterocycles.